The summed E-state index contributed by atoms with van der Waals surface area (Å²) < 4.78 is 17.3. The summed E-state index contributed by atoms with van der Waals surface area (Å²) in [6.45, 7) is 9.78. The van der Waals surface area contributed by atoms with Gasteiger partial charge in [-0.15, -0.1) is 21.5 Å². The highest BCUT2D eigenvalue weighted by Crippen LogP contribution is 2.35. The maximum Gasteiger partial charge on any atom is 0.348 e. The number of esters is 2. The molecule has 12 nitrogen and oxygen atoms in total. The van der Waals surface area contributed by atoms with Crippen LogP contribution in [0.25, 0.3) is 0 Å². The fraction of sp³-hybridized carbons (Fsp3) is 0.462. The van der Waals surface area contributed by atoms with E-state index in [0.29, 0.717) is 23.1 Å². The molecule has 0 saturated heterocycles. The number of nitrogens with zero attached hydrogens (tertiary/aromatic N) is 3. The number of hydrogen-bond donors (Lipinski definition) is 2. The highest BCUT2D eigenvalue weighted by atomic mass is 32.2. The van der Waals surface area contributed by atoms with E-state index in [4.69, 9.17) is 13.9 Å². The average molecular weight is 592 g/mol. The van der Waals surface area contributed by atoms with Gasteiger partial charge in [-0.25, -0.2) is 9.59 Å². The molecule has 3 heterocycles. The van der Waals surface area contributed by atoms with Crippen LogP contribution in [0.2, 0.25) is 0 Å². The number of hydrogen-bond acceptors (Lipinski definition) is 11. The number of carbonyl (C=O) groups is 4. The molecule has 0 aromatic carbocycles. The molecule has 14 heteroatoms. The number of unbranched alkanes of at least 4 members (excludes halogenated alkanes) is 1. The van der Waals surface area contributed by atoms with E-state index < -0.39 is 23.1 Å². The molecule has 216 valence electrons. The first-order valence-corrected chi connectivity index (χ1v) is 14.6. The third-order valence-electron chi connectivity index (χ3n) is 5.66. The number of furan rings is 1. The monoisotopic (exact) mass is 591 g/mol. The number of anilines is 1. The number of ether oxygens (including phenoxy) is 2. The van der Waals surface area contributed by atoms with E-state index in [2.05, 4.69) is 27.8 Å². The number of thioether (sulfide) groups is 1. The number of thiophene rings is 1. The zero-order chi connectivity index (χ0) is 29.2. The third-order valence-corrected chi connectivity index (χ3v) is 7.92. The summed E-state index contributed by atoms with van der Waals surface area (Å²) in [4.78, 5) is 50.8. The van der Waals surface area contributed by atoms with Crippen LogP contribution >= 0.6 is 23.1 Å². The van der Waals surface area contributed by atoms with Gasteiger partial charge in [-0.1, -0.05) is 25.1 Å². The van der Waals surface area contributed by atoms with Gasteiger partial charge in [0, 0.05) is 6.54 Å². The molecule has 2 N–H and O–H groups in total. The Bertz CT molecular complexity index is 1330. The van der Waals surface area contributed by atoms with Crippen LogP contribution in [0.3, 0.4) is 0 Å². The Balaban J connectivity index is 1.77. The number of rotatable bonds is 14. The van der Waals surface area contributed by atoms with Crippen molar-refractivity contribution in [1.29, 1.82) is 0 Å². The fourth-order valence-corrected chi connectivity index (χ4v) is 5.58. The van der Waals surface area contributed by atoms with E-state index in [-0.39, 0.29) is 46.9 Å². The maximum absolute atomic E-state index is 13.2. The Kier molecular flexibility index (Phi) is 11.3. The Morgan fingerprint density at radius 2 is 1.85 bits per heavy atom. The second kappa shape index (κ2) is 14.7. The summed E-state index contributed by atoms with van der Waals surface area (Å²) in [6, 6.07) is 3.20. The third kappa shape index (κ3) is 7.50. The standard InChI is InChI=1S/C26H33N5O7S2/c1-6-9-12-31-18(14-27-22(33)17-11-10-13-38-17)29-30-26(31)39-16(5)21(32)28-23-19(24(34)36-7-2)15(4)20(40-23)25(35)37-8-3/h10-11,13,16H,6-9,12,14H2,1-5H3,(H,27,33)(H,28,32)/t16-/m0/s1. The van der Waals surface area contributed by atoms with Crippen LogP contribution in [0.5, 0.6) is 0 Å². The summed E-state index contributed by atoms with van der Waals surface area (Å²) in [5, 5.41) is 14.1. The van der Waals surface area contributed by atoms with E-state index in [1.165, 1.54) is 18.0 Å². The molecule has 3 rings (SSSR count). The van der Waals surface area contributed by atoms with Gasteiger partial charge in [0.05, 0.1) is 36.8 Å². The van der Waals surface area contributed by atoms with Crippen LogP contribution in [-0.4, -0.2) is 57.0 Å². The van der Waals surface area contributed by atoms with Crippen LogP contribution in [0.4, 0.5) is 5.00 Å². The van der Waals surface area contributed by atoms with Gasteiger partial charge >= 0.3 is 11.9 Å². The molecule has 0 unspecified atom stereocenters. The second-order valence-electron chi connectivity index (χ2n) is 8.51. The minimum Gasteiger partial charge on any atom is -0.462 e. The topological polar surface area (TPSA) is 155 Å². The first-order chi connectivity index (χ1) is 19.2. The van der Waals surface area contributed by atoms with Crippen molar-refractivity contribution in [3.05, 3.63) is 46.0 Å². The van der Waals surface area contributed by atoms with Crippen molar-refractivity contribution in [3.8, 4) is 0 Å². The number of amides is 2. The number of nitrogens with one attached hydrogen (secondary N) is 2. The lowest BCUT2D eigenvalue weighted by Crippen LogP contribution is -2.25. The van der Waals surface area contributed by atoms with Crippen LogP contribution in [0.15, 0.2) is 28.0 Å². The van der Waals surface area contributed by atoms with Gasteiger partial charge in [0.1, 0.15) is 9.88 Å². The van der Waals surface area contributed by atoms with Gasteiger partial charge in [0.25, 0.3) is 5.91 Å². The molecule has 2 amide bonds. The summed E-state index contributed by atoms with van der Waals surface area (Å²) in [5.74, 6) is -1.25. The molecular weight excluding hydrogens is 558 g/mol. The zero-order valence-corrected chi connectivity index (χ0v) is 24.7. The fourth-order valence-electron chi connectivity index (χ4n) is 3.60. The molecule has 0 radical (unpaired) electrons. The minimum absolute atomic E-state index is 0.126. The van der Waals surface area contributed by atoms with E-state index in [0.717, 1.165) is 24.2 Å². The van der Waals surface area contributed by atoms with Gasteiger partial charge in [-0.3, -0.25) is 9.59 Å². The van der Waals surface area contributed by atoms with Crippen LogP contribution in [-0.2, 0) is 27.4 Å². The normalized spacial score (nSPS) is 11.6. The van der Waals surface area contributed by atoms with E-state index in [1.807, 2.05) is 4.57 Å². The molecule has 40 heavy (non-hydrogen) atoms. The van der Waals surface area contributed by atoms with Gasteiger partial charge in [0.15, 0.2) is 16.7 Å². The molecule has 3 aromatic heterocycles. The van der Waals surface area contributed by atoms with Crippen molar-refractivity contribution >= 4 is 51.9 Å². The lowest BCUT2D eigenvalue weighted by molar-refractivity contribution is -0.115. The minimum atomic E-state index is -0.640. The molecule has 0 saturated carbocycles. The van der Waals surface area contributed by atoms with Crippen molar-refractivity contribution in [1.82, 2.24) is 20.1 Å². The maximum atomic E-state index is 13.2. The Morgan fingerprint density at radius 1 is 1.12 bits per heavy atom. The molecule has 0 aliphatic heterocycles. The Labute approximate surface area is 240 Å². The van der Waals surface area contributed by atoms with Crippen LogP contribution in [0, 0.1) is 6.92 Å². The van der Waals surface area contributed by atoms with Crippen molar-refractivity contribution < 1.29 is 33.1 Å². The predicted molar refractivity (Wildman–Crippen MR) is 150 cm³/mol. The average Bonchev–Trinajstić information content (AvgIpc) is 3.66. The molecule has 0 spiro atoms. The summed E-state index contributed by atoms with van der Waals surface area (Å²) >= 11 is 2.16. The Hall–Kier alpha value is -3.65. The summed E-state index contributed by atoms with van der Waals surface area (Å²) in [7, 11) is 0. The summed E-state index contributed by atoms with van der Waals surface area (Å²) in [6.07, 6.45) is 3.19. The number of aromatic nitrogens is 3. The highest BCUT2D eigenvalue weighted by Gasteiger charge is 2.29. The molecule has 0 aliphatic carbocycles. The molecule has 3 aromatic rings. The van der Waals surface area contributed by atoms with Crippen molar-refractivity contribution in [2.45, 2.75) is 71.0 Å². The van der Waals surface area contributed by atoms with Crippen LogP contribution < -0.4 is 10.6 Å². The lowest BCUT2D eigenvalue weighted by Gasteiger charge is -2.14. The first-order valence-electron chi connectivity index (χ1n) is 12.9. The van der Waals surface area contributed by atoms with Crippen molar-refractivity contribution in [2.75, 3.05) is 18.5 Å². The second-order valence-corrected chi connectivity index (χ2v) is 10.8. The SMILES string of the molecule is CCCCn1c(CNC(=O)c2ccco2)nnc1S[C@@H](C)C(=O)Nc1sc(C(=O)OCC)c(C)c1C(=O)OCC. The van der Waals surface area contributed by atoms with Gasteiger partial charge < -0.3 is 29.1 Å². The molecule has 1 atom stereocenters. The molecule has 0 bridgehead atoms. The van der Waals surface area contributed by atoms with Crippen molar-refractivity contribution in [3.63, 3.8) is 0 Å². The molecular formula is C26H33N5O7S2. The van der Waals surface area contributed by atoms with E-state index >= 15 is 0 Å². The lowest BCUT2D eigenvalue weighted by atomic mass is 10.1. The smallest absolute Gasteiger partial charge is 0.348 e. The van der Waals surface area contributed by atoms with Gasteiger partial charge in [-0.05, 0) is 51.8 Å². The highest BCUT2D eigenvalue weighted by molar-refractivity contribution is 8.00. The largest absolute Gasteiger partial charge is 0.462 e. The van der Waals surface area contributed by atoms with Gasteiger partial charge in [0.2, 0.25) is 5.91 Å². The van der Waals surface area contributed by atoms with Crippen LogP contribution in [0.1, 0.15) is 82.5 Å². The van der Waals surface area contributed by atoms with E-state index in [1.54, 1.807) is 39.8 Å². The van der Waals surface area contributed by atoms with Crippen molar-refractivity contribution in [2.24, 2.45) is 0 Å². The van der Waals surface area contributed by atoms with E-state index in [9.17, 15) is 19.2 Å². The summed E-state index contributed by atoms with van der Waals surface area (Å²) in [5.41, 5.74) is 0.513. The predicted octanol–water partition coefficient (Wildman–Crippen LogP) is 4.44. The quantitative estimate of drug-likeness (QED) is 0.203. The molecule has 0 aliphatic rings. The zero-order valence-electron chi connectivity index (χ0n) is 23.1. The van der Waals surface area contributed by atoms with Gasteiger partial charge in [-0.2, -0.15) is 0 Å². The Morgan fingerprint density at radius 3 is 2.50 bits per heavy atom. The molecule has 0 fully saturated rings. The first kappa shape index (κ1) is 30.9. The number of carbonyl (C=O) groups excluding carboxylic acids is 4.